The van der Waals surface area contributed by atoms with Crippen LogP contribution < -0.4 is 4.74 Å². The number of hydrogen-bond donors (Lipinski definition) is 1. The third kappa shape index (κ3) is 1.48. The fraction of sp³-hybridized carbons (Fsp3) is 0.0769. The van der Waals surface area contributed by atoms with Gasteiger partial charge in [-0.3, -0.25) is 0 Å². The number of methoxy groups -OCH3 is 1. The predicted molar refractivity (Wildman–Crippen MR) is 66.6 cm³/mol. The number of benzene rings is 1. The summed E-state index contributed by atoms with van der Waals surface area (Å²) in [6.45, 7) is 0. The summed E-state index contributed by atoms with van der Waals surface area (Å²) < 4.78 is 7.05. The molecular weight excluding hydrogens is 230 g/mol. The van der Waals surface area contributed by atoms with Crippen molar-refractivity contribution >= 4 is 5.65 Å². The lowest BCUT2D eigenvalue weighted by atomic mass is 10.2. The molecule has 5 heteroatoms. The quantitative estimate of drug-likeness (QED) is 0.746. The van der Waals surface area contributed by atoms with E-state index in [1.54, 1.807) is 29.7 Å². The molecule has 0 spiro atoms. The topological polar surface area (TPSA) is 59.7 Å². The molecule has 2 aromatic heterocycles. The van der Waals surface area contributed by atoms with E-state index < -0.39 is 0 Å². The van der Waals surface area contributed by atoms with Crippen molar-refractivity contribution in [2.45, 2.75) is 0 Å². The molecule has 0 radical (unpaired) electrons. The number of aromatic hydroxyl groups is 1. The molecule has 18 heavy (non-hydrogen) atoms. The molecule has 0 saturated heterocycles. The van der Waals surface area contributed by atoms with Crippen LogP contribution in [0.2, 0.25) is 0 Å². The fourth-order valence-electron chi connectivity index (χ4n) is 1.91. The van der Waals surface area contributed by atoms with Crippen LogP contribution >= 0.6 is 0 Å². The van der Waals surface area contributed by atoms with Crippen LogP contribution in [0.3, 0.4) is 0 Å². The number of phenols is 1. The van der Waals surface area contributed by atoms with Gasteiger partial charge in [0.05, 0.1) is 12.7 Å². The number of aromatic nitrogens is 3. The lowest BCUT2D eigenvalue weighted by molar-refractivity contribution is 0.392. The molecule has 0 aliphatic carbocycles. The molecule has 0 atom stereocenters. The fourth-order valence-corrected chi connectivity index (χ4v) is 1.91. The van der Waals surface area contributed by atoms with E-state index in [-0.39, 0.29) is 5.75 Å². The number of ether oxygens (including phenoxy) is 1. The standard InChI is InChI=1S/C13H11N3O2/c1-18-12-8-4-7-11-14-15-13(16(11)12)9-5-2-3-6-10(9)17/h2-8,17H,1H3. The van der Waals surface area contributed by atoms with Crippen molar-refractivity contribution < 1.29 is 9.84 Å². The Balaban J connectivity index is 2.34. The first-order valence-corrected chi connectivity index (χ1v) is 5.48. The normalized spacial score (nSPS) is 10.7. The maximum Gasteiger partial charge on any atom is 0.200 e. The first-order chi connectivity index (χ1) is 8.81. The van der Waals surface area contributed by atoms with Crippen molar-refractivity contribution in [3.8, 4) is 23.0 Å². The van der Waals surface area contributed by atoms with Gasteiger partial charge in [-0.05, 0) is 24.3 Å². The Morgan fingerprint density at radius 1 is 1.06 bits per heavy atom. The molecule has 0 aliphatic heterocycles. The highest BCUT2D eigenvalue weighted by Crippen LogP contribution is 2.29. The van der Waals surface area contributed by atoms with Crippen LogP contribution in [0.5, 0.6) is 11.6 Å². The predicted octanol–water partition coefficient (Wildman–Crippen LogP) is 2.11. The van der Waals surface area contributed by atoms with Gasteiger partial charge in [-0.1, -0.05) is 18.2 Å². The average molecular weight is 241 g/mol. The first kappa shape index (κ1) is 10.6. The molecule has 0 saturated carbocycles. The highest BCUT2D eigenvalue weighted by molar-refractivity contribution is 5.67. The molecule has 1 N–H and O–H groups in total. The van der Waals surface area contributed by atoms with Crippen LogP contribution in [0.4, 0.5) is 0 Å². The van der Waals surface area contributed by atoms with Gasteiger partial charge < -0.3 is 9.84 Å². The second kappa shape index (κ2) is 4.03. The van der Waals surface area contributed by atoms with Crippen LogP contribution in [-0.4, -0.2) is 26.8 Å². The summed E-state index contributed by atoms with van der Waals surface area (Å²) in [5.41, 5.74) is 1.29. The molecule has 0 fully saturated rings. The van der Waals surface area contributed by atoms with Crippen LogP contribution in [0.25, 0.3) is 17.0 Å². The van der Waals surface area contributed by atoms with Crippen molar-refractivity contribution in [2.75, 3.05) is 7.11 Å². The zero-order valence-electron chi connectivity index (χ0n) is 9.74. The number of fused-ring (bicyclic) bond motifs is 1. The van der Waals surface area contributed by atoms with Gasteiger partial charge in [0.2, 0.25) is 5.88 Å². The summed E-state index contributed by atoms with van der Waals surface area (Å²) in [5.74, 6) is 1.34. The van der Waals surface area contributed by atoms with E-state index >= 15 is 0 Å². The number of pyridine rings is 1. The zero-order chi connectivity index (χ0) is 12.5. The summed E-state index contributed by atoms with van der Waals surface area (Å²) in [5, 5.41) is 18.1. The molecule has 0 amide bonds. The van der Waals surface area contributed by atoms with Crippen molar-refractivity contribution in [3.05, 3.63) is 42.5 Å². The van der Waals surface area contributed by atoms with E-state index in [2.05, 4.69) is 10.2 Å². The summed E-state index contributed by atoms with van der Waals surface area (Å²) in [7, 11) is 1.59. The monoisotopic (exact) mass is 241 g/mol. The van der Waals surface area contributed by atoms with Crippen molar-refractivity contribution in [2.24, 2.45) is 0 Å². The van der Waals surface area contributed by atoms with Gasteiger partial charge in [-0.15, -0.1) is 10.2 Å². The molecule has 90 valence electrons. The molecule has 0 aliphatic rings. The van der Waals surface area contributed by atoms with Gasteiger partial charge >= 0.3 is 0 Å². The van der Waals surface area contributed by atoms with Crippen molar-refractivity contribution in [1.82, 2.24) is 14.6 Å². The van der Waals surface area contributed by atoms with E-state index in [1.165, 1.54) is 0 Å². The molecule has 3 aromatic rings. The van der Waals surface area contributed by atoms with E-state index in [1.807, 2.05) is 24.3 Å². The third-order valence-electron chi connectivity index (χ3n) is 2.75. The Morgan fingerprint density at radius 2 is 1.89 bits per heavy atom. The minimum Gasteiger partial charge on any atom is -0.507 e. The zero-order valence-corrected chi connectivity index (χ0v) is 9.74. The molecule has 3 rings (SSSR count). The van der Waals surface area contributed by atoms with Gasteiger partial charge in [0.25, 0.3) is 0 Å². The van der Waals surface area contributed by atoms with Crippen LogP contribution in [-0.2, 0) is 0 Å². The summed E-state index contributed by atoms with van der Waals surface area (Å²) >= 11 is 0. The molecule has 0 bridgehead atoms. The Kier molecular flexibility index (Phi) is 2.37. The minimum absolute atomic E-state index is 0.165. The second-order valence-electron chi connectivity index (χ2n) is 3.80. The highest BCUT2D eigenvalue weighted by atomic mass is 16.5. The van der Waals surface area contributed by atoms with Crippen LogP contribution in [0, 0.1) is 0 Å². The Morgan fingerprint density at radius 3 is 2.67 bits per heavy atom. The van der Waals surface area contributed by atoms with Crippen LogP contribution in [0.15, 0.2) is 42.5 Å². The molecule has 5 nitrogen and oxygen atoms in total. The smallest absolute Gasteiger partial charge is 0.200 e. The Labute approximate surface area is 103 Å². The molecule has 1 aromatic carbocycles. The number of nitrogens with zero attached hydrogens (tertiary/aromatic N) is 3. The number of rotatable bonds is 2. The maximum absolute atomic E-state index is 9.88. The third-order valence-corrected chi connectivity index (χ3v) is 2.75. The summed E-state index contributed by atoms with van der Waals surface area (Å²) in [6, 6.07) is 12.5. The van der Waals surface area contributed by atoms with Gasteiger partial charge in [0, 0.05) is 0 Å². The second-order valence-corrected chi connectivity index (χ2v) is 3.80. The van der Waals surface area contributed by atoms with Crippen molar-refractivity contribution in [1.29, 1.82) is 0 Å². The minimum atomic E-state index is 0.165. The van der Waals surface area contributed by atoms with E-state index in [0.29, 0.717) is 22.9 Å². The highest BCUT2D eigenvalue weighted by Gasteiger charge is 2.14. The number of hydrogen-bond acceptors (Lipinski definition) is 4. The number of phenolic OH excluding ortho intramolecular Hbond substituents is 1. The van der Waals surface area contributed by atoms with Crippen LogP contribution in [0.1, 0.15) is 0 Å². The Hall–Kier alpha value is -2.56. The molecule has 2 heterocycles. The van der Waals surface area contributed by atoms with Gasteiger partial charge in [-0.25, -0.2) is 4.40 Å². The Bertz CT molecular complexity index is 706. The SMILES string of the molecule is COc1cccc2nnc(-c3ccccc3O)n12. The average Bonchev–Trinajstić information content (AvgIpc) is 2.83. The molecular formula is C13H11N3O2. The van der Waals surface area contributed by atoms with E-state index in [4.69, 9.17) is 4.74 Å². The van der Waals surface area contributed by atoms with Gasteiger partial charge in [0.15, 0.2) is 11.5 Å². The van der Waals surface area contributed by atoms with Gasteiger partial charge in [-0.2, -0.15) is 0 Å². The lowest BCUT2D eigenvalue weighted by Gasteiger charge is -2.06. The summed E-state index contributed by atoms with van der Waals surface area (Å²) in [4.78, 5) is 0. The van der Waals surface area contributed by atoms with Gasteiger partial charge in [0.1, 0.15) is 5.75 Å². The largest absolute Gasteiger partial charge is 0.507 e. The number of para-hydroxylation sites is 1. The maximum atomic E-state index is 9.88. The lowest BCUT2D eigenvalue weighted by Crippen LogP contribution is -1.96. The molecule has 0 unspecified atom stereocenters. The first-order valence-electron chi connectivity index (χ1n) is 5.48. The summed E-state index contributed by atoms with van der Waals surface area (Å²) in [6.07, 6.45) is 0. The van der Waals surface area contributed by atoms with E-state index in [9.17, 15) is 5.11 Å². The van der Waals surface area contributed by atoms with E-state index in [0.717, 1.165) is 0 Å². The van der Waals surface area contributed by atoms with Crippen molar-refractivity contribution in [3.63, 3.8) is 0 Å².